The molecule has 3 aromatic heterocycles. The number of allylic oxidation sites excluding steroid dienone is 1. The minimum absolute atomic E-state index is 0.124. The van der Waals surface area contributed by atoms with Crippen LogP contribution in [0.1, 0.15) is 49.3 Å². The highest BCUT2D eigenvalue weighted by Gasteiger charge is 2.27. The number of hydrogen-bond acceptors (Lipinski definition) is 10. The zero-order valence-electron chi connectivity index (χ0n) is 19.1. The topological polar surface area (TPSA) is 134 Å². The van der Waals surface area contributed by atoms with Crippen molar-refractivity contribution in [3.05, 3.63) is 70.5 Å². The Morgan fingerprint density at radius 3 is 2.54 bits per heavy atom. The van der Waals surface area contributed by atoms with Gasteiger partial charge in [0.25, 0.3) is 5.56 Å². The van der Waals surface area contributed by atoms with Gasteiger partial charge in [-0.05, 0) is 56.4 Å². The second-order valence-electron chi connectivity index (χ2n) is 9.10. The molecule has 11 heteroatoms. The number of pyridine rings is 2. The van der Waals surface area contributed by atoms with Crippen LogP contribution in [0.2, 0.25) is 0 Å². The SMILES string of the molecule is O=c1ccc(C2=CC=NNN2)cn1-c1ccc(N[C@H]2CC[C@H](Nc3ncc(C4CC4)nn3)C2)nc1. The number of hydrazine groups is 1. The standard InChI is InChI=1S/C24H26N10O/c35-23-8-3-16(20-9-10-27-33-31-20)14-34(23)19-6-7-22(25-12-19)28-17-4-5-18(11-17)29-24-26-13-21(30-32-24)15-1-2-15/h3,6-10,12-15,17-18,31,33H,1-2,4-5,11H2,(H,25,28)(H,26,29,32)/t17-,18-/m0/s1. The lowest BCUT2D eigenvalue weighted by atomic mass is 10.2. The Morgan fingerprint density at radius 1 is 0.943 bits per heavy atom. The van der Waals surface area contributed by atoms with Gasteiger partial charge in [0.2, 0.25) is 5.95 Å². The molecule has 2 saturated carbocycles. The highest BCUT2D eigenvalue weighted by molar-refractivity contribution is 5.84. The Morgan fingerprint density at radius 2 is 1.83 bits per heavy atom. The predicted octanol–water partition coefficient (Wildman–Crippen LogP) is 2.17. The lowest BCUT2D eigenvalue weighted by Crippen LogP contribution is -2.29. The lowest BCUT2D eigenvalue weighted by Gasteiger charge is -2.16. The summed E-state index contributed by atoms with van der Waals surface area (Å²) in [7, 11) is 0. The van der Waals surface area contributed by atoms with E-state index in [1.807, 2.05) is 24.4 Å². The maximum atomic E-state index is 12.5. The third-order valence-electron chi connectivity index (χ3n) is 6.51. The fraction of sp³-hybridized carbons (Fsp3) is 0.333. The van der Waals surface area contributed by atoms with Crippen LogP contribution in [0.5, 0.6) is 0 Å². The van der Waals surface area contributed by atoms with E-state index in [1.165, 1.54) is 12.8 Å². The molecular formula is C24H26N10O. The number of hydrazone groups is 1. The van der Waals surface area contributed by atoms with E-state index in [4.69, 9.17) is 0 Å². The van der Waals surface area contributed by atoms with Crippen LogP contribution in [-0.4, -0.2) is 43.0 Å². The number of aromatic nitrogens is 5. The van der Waals surface area contributed by atoms with Gasteiger partial charge < -0.3 is 10.6 Å². The smallest absolute Gasteiger partial charge is 0.255 e. The van der Waals surface area contributed by atoms with E-state index >= 15 is 0 Å². The van der Waals surface area contributed by atoms with Crippen molar-refractivity contribution in [2.24, 2.45) is 5.10 Å². The van der Waals surface area contributed by atoms with Crippen LogP contribution < -0.4 is 27.2 Å². The second kappa shape index (κ2) is 9.16. The van der Waals surface area contributed by atoms with Gasteiger partial charge in [-0.3, -0.25) is 14.8 Å². The van der Waals surface area contributed by atoms with E-state index in [0.717, 1.165) is 42.0 Å². The number of anilines is 2. The highest BCUT2D eigenvalue weighted by Crippen LogP contribution is 2.38. The summed E-state index contributed by atoms with van der Waals surface area (Å²) < 4.78 is 1.58. The first-order chi connectivity index (χ1) is 17.2. The highest BCUT2D eigenvalue weighted by atomic mass is 16.1. The fourth-order valence-corrected chi connectivity index (χ4v) is 4.47. The summed E-state index contributed by atoms with van der Waals surface area (Å²) in [6.07, 6.45) is 14.2. The minimum Gasteiger partial charge on any atom is -0.367 e. The molecule has 4 N–H and O–H groups in total. The Balaban J connectivity index is 1.08. The summed E-state index contributed by atoms with van der Waals surface area (Å²) in [5, 5.41) is 19.3. The molecule has 0 unspecified atom stereocenters. The van der Waals surface area contributed by atoms with Gasteiger partial charge in [-0.1, -0.05) is 0 Å². The van der Waals surface area contributed by atoms with Crippen molar-refractivity contribution in [1.82, 2.24) is 35.7 Å². The van der Waals surface area contributed by atoms with E-state index in [9.17, 15) is 4.79 Å². The minimum atomic E-state index is -0.124. The van der Waals surface area contributed by atoms with Gasteiger partial charge in [-0.15, -0.1) is 10.2 Å². The van der Waals surface area contributed by atoms with Crippen molar-refractivity contribution in [2.75, 3.05) is 10.6 Å². The van der Waals surface area contributed by atoms with Crippen molar-refractivity contribution in [3.63, 3.8) is 0 Å². The lowest BCUT2D eigenvalue weighted by molar-refractivity contribution is 0.679. The van der Waals surface area contributed by atoms with Gasteiger partial charge in [-0.25, -0.2) is 15.5 Å². The molecule has 1 aliphatic heterocycles. The molecule has 11 nitrogen and oxygen atoms in total. The van der Waals surface area contributed by atoms with Crippen LogP contribution in [-0.2, 0) is 0 Å². The van der Waals surface area contributed by atoms with Crippen LogP contribution in [0.15, 0.2) is 58.8 Å². The first-order valence-corrected chi connectivity index (χ1v) is 11.9. The average molecular weight is 471 g/mol. The largest absolute Gasteiger partial charge is 0.367 e. The average Bonchev–Trinajstić information content (AvgIpc) is 3.66. The molecule has 2 aliphatic carbocycles. The Labute approximate surface area is 201 Å². The number of nitrogens with zero attached hydrogens (tertiary/aromatic N) is 6. The molecular weight excluding hydrogens is 444 g/mol. The molecule has 4 heterocycles. The molecule has 0 aromatic carbocycles. The monoisotopic (exact) mass is 470 g/mol. The van der Waals surface area contributed by atoms with Crippen molar-refractivity contribution in [2.45, 2.75) is 50.1 Å². The summed E-state index contributed by atoms with van der Waals surface area (Å²) >= 11 is 0. The zero-order chi connectivity index (χ0) is 23.6. The van der Waals surface area contributed by atoms with Crippen LogP contribution >= 0.6 is 0 Å². The second-order valence-corrected chi connectivity index (χ2v) is 9.10. The molecule has 0 saturated heterocycles. The van der Waals surface area contributed by atoms with Crippen molar-refractivity contribution < 1.29 is 0 Å². The Kier molecular flexibility index (Phi) is 5.57. The molecule has 0 amide bonds. The van der Waals surface area contributed by atoms with Crippen LogP contribution in [0.4, 0.5) is 11.8 Å². The van der Waals surface area contributed by atoms with Crippen LogP contribution in [0.3, 0.4) is 0 Å². The molecule has 6 rings (SSSR count). The van der Waals surface area contributed by atoms with E-state index in [0.29, 0.717) is 29.6 Å². The third-order valence-corrected chi connectivity index (χ3v) is 6.51. The number of nitrogens with one attached hydrogen (secondary N) is 4. The van der Waals surface area contributed by atoms with E-state index < -0.39 is 0 Å². The van der Waals surface area contributed by atoms with E-state index in [-0.39, 0.29) is 5.56 Å². The van der Waals surface area contributed by atoms with Gasteiger partial charge >= 0.3 is 0 Å². The van der Waals surface area contributed by atoms with E-state index in [1.54, 1.807) is 35.3 Å². The van der Waals surface area contributed by atoms with Gasteiger partial charge in [0.05, 0.1) is 35.7 Å². The normalized spacial score (nSPS) is 21.1. The Hall–Kier alpha value is -4.28. The summed E-state index contributed by atoms with van der Waals surface area (Å²) in [6.45, 7) is 0. The molecule has 3 aromatic rings. The van der Waals surface area contributed by atoms with Gasteiger partial charge in [-0.2, -0.15) is 5.10 Å². The molecule has 3 aliphatic rings. The molecule has 2 fully saturated rings. The third kappa shape index (κ3) is 4.84. The van der Waals surface area contributed by atoms with Crippen molar-refractivity contribution in [3.8, 4) is 5.69 Å². The van der Waals surface area contributed by atoms with Gasteiger partial charge in [0.15, 0.2) is 0 Å². The van der Waals surface area contributed by atoms with Crippen LogP contribution in [0.25, 0.3) is 11.4 Å². The van der Waals surface area contributed by atoms with Gasteiger partial charge in [0, 0.05) is 35.8 Å². The maximum absolute atomic E-state index is 12.5. The summed E-state index contributed by atoms with van der Waals surface area (Å²) in [4.78, 5) is 21.5. The molecule has 178 valence electrons. The quantitative estimate of drug-likeness (QED) is 0.410. The summed E-state index contributed by atoms with van der Waals surface area (Å²) in [5.74, 6) is 1.94. The molecule has 0 spiro atoms. The van der Waals surface area contributed by atoms with Gasteiger partial charge in [0.1, 0.15) is 5.82 Å². The molecule has 35 heavy (non-hydrogen) atoms. The Bertz CT molecular complexity index is 1310. The van der Waals surface area contributed by atoms with Crippen molar-refractivity contribution >= 4 is 23.7 Å². The number of hydrogen-bond donors (Lipinski definition) is 4. The van der Waals surface area contributed by atoms with Crippen molar-refractivity contribution in [1.29, 1.82) is 0 Å². The molecule has 0 bridgehead atoms. The summed E-state index contributed by atoms with van der Waals surface area (Å²) in [5.41, 5.74) is 8.93. The zero-order valence-corrected chi connectivity index (χ0v) is 19.1. The van der Waals surface area contributed by atoms with Crippen LogP contribution in [0, 0.1) is 0 Å². The first-order valence-electron chi connectivity index (χ1n) is 11.9. The fourth-order valence-electron chi connectivity index (χ4n) is 4.47. The summed E-state index contributed by atoms with van der Waals surface area (Å²) in [6, 6.07) is 7.72. The molecule has 2 atom stereocenters. The molecule has 0 radical (unpaired) electrons. The predicted molar refractivity (Wildman–Crippen MR) is 133 cm³/mol. The first kappa shape index (κ1) is 21.3. The maximum Gasteiger partial charge on any atom is 0.255 e. The number of rotatable bonds is 7. The van der Waals surface area contributed by atoms with E-state index in [2.05, 4.69) is 46.9 Å².